The lowest BCUT2D eigenvalue weighted by Gasteiger charge is -2.17. The molecule has 0 radical (unpaired) electrons. The highest BCUT2D eigenvalue weighted by Crippen LogP contribution is 2.20. The summed E-state index contributed by atoms with van der Waals surface area (Å²) >= 11 is 5.50. The first kappa shape index (κ1) is 15.0. The molecule has 0 spiro atoms. The maximum atomic E-state index is 10.4. The fraction of sp³-hybridized carbons (Fsp3) is 0.462. The molecule has 0 saturated heterocycles. The van der Waals surface area contributed by atoms with E-state index in [2.05, 4.69) is 0 Å². The number of alkyl halides is 1. The maximum absolute atomic E-state index is 10.4. The Labute approximate surface area is 111 Å². The molecule has 0 heterocycles. The van der Waals surface area contributed by atoms with E-state index in [1.807, 2.05) is 0 Å². The summed E-state index contributed by atoms with van der Waals surface area (Å²) in [5, 5.41) is 28.0. The number of carbonyl (C=O) groups is 1. The topological polar surface area (TPSA) is 77.8 Å². The second kappa shape index (κ2) is 7.36. The number of benzene rings is 1. The quantitative estimate of drug-likeness (QED) is 0.661. The lowest BCUT2D eigenvalue weighted by Crippen LogP contribution is -2.18. The summed E-state index contributed by atoms with van der Waals surface area (Å²) in [5.41, 5.74) is 1.49. The Balaban J connectivity index is 2.61. The molecule has 0 aliphatic heterocycles. The van der Waals surface area contributed by atoms with Crippen molar-refractivity contribution in [3.05, 3.63) is 35.4 Å². The molecule has 2 atom stereocenters. The zero-order valence-electron chi connectivity index (χ0n) is 9.92. The van der Waals surface area contributed by atoms with Crippen LogP contribution in [0.1, 0.15) is 30.1 Å². The predicted molar refractivity (Wildman–Crippen MR) is 68.7 cm³/mol. The van der Waals surface area contributed by atoms with Crippen LogP contribution in [0.3, 0.4) is 0 Å². The number of hydrogen-bond donors (Lipinski definition) is 3. The van der Waals surface area contributed by atoms with Crippen LogP contribution in [0.4, 0.5) is 0 Å². The van der Waals surface area contributed by atoms with E-state index in [9.17, 15) is 15.0 Å². The predicted octanol–water partition coefficient (Wildman–Crippen LogP) is 1.73. The van der Waals surface area contributed by atoms with Gasteiger partial charge in [-0.15, -0.1) is 11.6 Å². The Kier molecular flexibility index (Phi) is 6.12. The second-order valence-electron chi connectivity index (χ2n) is 4.13. The molecule has 2 unspecified atom stereocenters. The van der Waals surface area contributed by atoms with E-state index in [0.29, 0.717) is 18.4 Å². The van der Waals surface area contributed by atoms with E-state index in [-0.39, 0.29) is 12.3 Å². The molecule has 1 aromatic carbocycles. The molecule has 18 heavy (non-hydrogen) atoms. The number of aliphatic hydroxyl groups is 2. The minimum atomic E-state index is -0.961. The summed E-state index contributed by atoms with van der Waals surface area (Å²) in [6.07, 6.45) is -0.986. The third kappa shape index (κ3) is 4.64. The van der Waals surface area contributed by atoms with Crippen LogP contribution in [0.2, 0.25) is 0 Å². The molecule has 4 nitrogen and oxygen atoms in total. The third-order valence-corrected chi connectivity index (χ3v) is 2.94. The van der Waals surface area contributed by atoms with Gasteiger partial charge in [-0.1, -0.05) is 24.3 Å². The van der Waals surface area contributed by atoms with Gasteiger partial charge in [-0.25, -0.2) is 0 Å². The number of aliphatic hydroxyl groups excluding tert-OH is 2. The zero-order chi connectivity index (χ0) is 13.5. The van der Waals surface area contributed by atoms with Crippen molar-refractivity contribution < 1.29 is 20.1 Å². The summed E-state index contributed by atoms with van der Waals surface area (Å²) in [4.78, 5) is 10.4. The molecule has 5 heteroatoms. The van der Waals surface area contributed by atoms with Crippen LogP contribution in [-0.4, -0.2) is 33.3 Å². The van der Waals surface area contributed by atoms with Crippen molar-refractivity contribution in [3.8, 4) is 0 Å². The molecule has 0 aliphatic rings. The van der Waals surface area contributed by atoms with Gasteiger partial charge in [0.15, 0.2) is 0 Å². The minimum absolute atomic E-state index is 0.0801. The van der Waals surface area contributed by atoms with Gasteiger partial charge in [0.1, 0.15) is 6.10 Å². The van der Waals surface area contributed by atoms with Crippen LogP contribution < -0.4 is 0 Å². The van der Waals surface area contributed by atoms with Crippen molar-refractivity contribution >= 4 is 17.6 Å². The van der Waals surface area contributed by atoms with Gasteiger partial charge >= 0.3 is 5.97 Å². The normalized spacial score (nSPS) is 14.2. The van der Waals surface area contributed by atoms with Gasteiger partial charge in [0, 0.05) is 12.3 Å². The van der Waals surface area contributed by atoms with Crippen LogP contribution in [0.25, 0.3) is 0 Å². The van der Waals surface area contributed by atoms with Gasteiger partial charge < -0.3 is 15.3 Å². The van der Waals surface area contributed by atoms with Gasteiger partial charge in [0.25, 0.3) is 0 Å². The molecule has 0 fully saturated rings. The summed E-state index contributed by atoms with van der Waals surface area (Å²) in [5.74, 6) is -0.550. The van der Waals surface area contributed by atoms with Gasteiger partial charge in [0.2, 0.25) is 0 Å². The highest BCUT2D eigenvalue weighted by Gasteiger charge is 2.17. The van der Waals surface area contributed by atoms with Crippen LogP contribution >= 0.6 is 11.6 Å². The van der Waals surface area contributed by atoms with Crippen molar-refractivity contribution in [2.45, 2.75) is 31.5 Å². The van der Waals surface area contributed by atoms with Crippen molar-refractivity contribution in [1.82, 2.24) is 0 Å². The Hall–Kier alpha value is -1.10. The van der Waals surface area contributed by atoms with Gasteiger partial charge in [0.05, 0.1) is 6.10 Å². The van der Waals surface area contributed by atoms with E-state index in [0.717, 1.165) is 5.56 Å². The first-order valence-electron chi connectivity index (χ1n) is 5.77. The molecule has 0 amide bonds. The number of carboxylic acids is 1. The molecular formula is C13H17ClO4. The van der Waals surface area contributed by atoms with E-state index < -0.39 is 18.2 Å². The number of halogens is 1. The number of carboxylic acid groups (broad SMARTS) is 1. The lowest BCUT2D eigenvalue weighted by molar-refractivity contribution is -0.136. The highest BCUT2D eigenvalue weighted by molar-refractivity contribution is 6.17. The molecule has 100 valence electrons. The monoisotopic (exact) mass is 272 g/mol. The number of hydrogen-bond acceptors (Lipinski definition) is 3. The third-order valence-electron chi connectivity index (χ3n) is 2.72. The van der Waals surface area contributed by atoms with E-state index >= 15 is 0 Å². The first-order chi connectivity index (χ1) is 8.54. The Morgan fingerprint density at radius 1 is 1.22 bits per heavy atom. The SMILES string of the molecule is O=C(O)CCc1ccc(C(O)C(O)CCCl)cc1. The number of aliphatic carboxylic acids is 1. The molecular weight excluding hydrogens is 256 g/mol. The van der Waals surface area contributed by atoms with E-state index in [1.165, 1.54) is 0 Å². The standard InChI is InChI=1S/C13H17ClO4/c14-8-7-11(15)13(18)10-4-1-9(2-5-10)3-6-12(16)17/h1-2,4-5,11,13,15,18H,3,6-8H2,(H,16,17). The number of aryl methyl sites for hydroxylation is 1. The van der Waals surface area contributed by atoms with E-state index in [4.69, 9.17) is 16.7 Å². The fourth-order valence-electron chi connectivity index (χ4n) is 1.62. The molecule has 3 N–H and O–H groups in total. The first-order valence-corrected chi connectivity index (χ1v) is 6.30. The van der Waals surface area contributed by atoms with Gasteiger partial charge in [-0.2, -0.15) is 0 Å². The second-order valence-corrected chi connectivity index (χ2v) is 4.50. The van der Waals surface area contributed by atoms with Crippen LogP contribution in [0, 0.1) is 0 Å². The van der Waals surface area contributed by atoms with Gasteiger partial charge in [-0.05, 0) is 24.0 Å². The molecule has 0 saturated carbocycles. The van der Waals surface area contributed by atoms with Crippen LogP contribution in [0.15, 0.2) is 24.3 Å². The molecule has 1 rings (SSSR count). The summed E-state index contributed by atoms with van der Waals surface area (Å²) in [6, 6.07) is 6.91. The average molecular weight is 273 g/mol. The maximum Gasteiger partial charge on any atom is 0.303 e. The van der Waals surface area contributed by atoms with Crippen LogP contribution in [-0.2, 0) is 11.2 Å². The van der Waals surface area contributed by atoms with Crippen molar-refractivity contribution in [2.75, 3.05) is 5.88 Å². The zero-order valence-corrected chi connectivity index (χ0v) is 10.7. The smallest absolute Gasteiger partial charge is 0.303 e. The largest absolute Gasteiger partial charge is 0.481 e. The lowest BCUT2D eigenvalue weighted by atomic mass is 10.00. The van der Waals surface area contributed by atoms with Crippen molar-refractivity contribution in [3.63, 3.8) is 0 Å². The van der Waals surface area contributed by atoms with E-state index in [1.54, 1.807) is 24.3 Å². The highest BCUT2D eigenvalue weighted by atomic mass is 35.5. The minimum Gasteiger partial charge on any atom is -0.481 e. The Morgan fingerprint density at radius 2 is 1.83 bits per heavy atom. The van der Waals surface area contributed by atoms with Crippen molar-refractivity contribution in [1.29, 1.82) is 0 Å². The summed E-state index contributed by atoms with van der Waals surface area (Å²) in [7, 11) is 0. The van der Waals surface area contributed by atoms with Crippen molar-refractivity contribution in [2.24, 2.45) is 0 Å². The molecule has 0 aliphatic carbocycles. The molecule has 0 bridgehead atoms. The fourth-order valence-corrected chi connectivity index (χ4v) is 1.85. The molecule has 0 aromatic heterocycles. The van der Waals surface area contributed by atoms with Crippen LogP contribution in [0.5, 0.6) is 0 Å². The Bertz CT molecular complexity index is 377. The van der Waals surface area contributed by atoms with Gasteiger partial charge in [-0.3, -0.25) is 4.79 Å². The summed E-state index contributed by atoms with van der Waals surface area (Å²) < 4.78 is 0. The molecule has 1 aromatic rings. The number of rotatable bonds is 7. The Morgan fingerprint density at radius 3 is 2.33 bits per heavy atom. The summed E-state index contributed by atoms with van der Waals surface area (Å²) in [6.45, 7) is 0. The average Bonchev–Trinajstić information content (AvgIpc) is 2.36.